The molecule has 0 atom stereocenters. The van der Waals surface area contributed by atoms with Gasteiger partial charge in [-0.2, -0.15) is 9.40 Å². The average molecular weight is 465 g/mol. The minimum Gasteiger partial charge on any atom is -0.322 e. The standard InChI is InChI=1S/C20H18Cl2N4O3S/c21-15-3-6-17(7-4-15)26-13-14(12-23-26)20(27)24-16-5-8-18(22)19(11-16)30(28,29)25-9-1-2-10-25/h3-8,11-13H,1-2,9-10H2,(H,24,27). The molecule has 0 bridgehead atoms. The maximum atomic E-state index is 12.9. The lowest BCUT2D eigenvalue weighted by Gasteiger charge is -2.17. The second-order valence-corrected chi connectivity index (χ2v) is 9.61. The molecule has 3 aromatic rings. The van der Waals surface area contributed by atoms with Crippen molar-refractivity contribution in [3.05, 3.63) is 70.5 Å². The number of halogens is 2. The molecule has 2 aromatic carbocycles. The minimum absolute atomic E-state index is 0.0132. The summed E-state index contributed by atoms with van der Waals surface area (Å²) < 4.78 is 28.7. The quantitative estimate of drug-likeness (QED) is 0.612. The zero-order valence-corrected chi connectivity index (χ0v) is 18.1. The molecule has 0 unspecified atom stereocenters. The lowest BCUT2D eigenvalue weighted by Crippen LogP contribution is -2.28. The minimum atomic E-state index is -3.70. The van der Waals surface area contributed by atoms with Crippen LogP contribution >= 0.6 is 23.2 Å². The largest absolute Gasteiger partial charge is 0.322 e. The Bertz CT molecular complexity index is 1190. The van der Waals surface area contributed by atoms with Crippen molar-refractivity contribution >= 4 is 44.8 Å². The van der Waals surface area contributed by atoms with Crippen LogP contribution in [0.25, 0.3) is 5.69 Å². The van der Waals surface area contributed by atoms with Crippen molar-refractivity contribution in [2.45, 2.75) is 17.7 Å². The van der Waals surface area contributed by atoms with Gasteiger partial charge in [0.1, 0.15) is 4.90 Å². The van der Waals surface area contributed by atoms with Gasteiger partial charge in [-0.3, -0.25) is 4.79 Å². The highest BCUT2D eigenvalue weighted by atomic mass is 35.5. The molecule has 30 heavy (non-hydrogen) atoms. The fourth-order valence-electron chi connectivity index (χ4n) is 3.22. The number of sulfonamides is 1. The van der Waals surface area contributed by atoms with E-state index in [9.17, 15) is 13.2 Å². The molecular formula is C20H18Cl2N4O3S. The van der Waals surface area contributed by atoms with Crippen molar-refractivity contribution in [1.82, 2.24) is 14.1 Å². The first-order chi connectivity index (χ1) is 14.3. The molecule has 4 rings (SSSR count). The van der Waals surface area contributed by atoms with Gasteiger partial charge in [0.25, 0.3) is 5.91 Å². The monoisotopic (exact) mass is 464 g/mol. The van der Waals surface area contributed by atoms with E-state index in [4.69, 9.17) is 23.2 Å². The first kappa shape index (κ1) is 20.9. The van der Waals surface area contributed by atoms with E-state index in [1.54, 1.807) is 41.2 Å². The number of carbonyl (C=O) groups is 1. The highest BCUT2D eigenvalue weighted by Crippen LogP contribution is 2.29. The van der Waals surface area contributed by atoms with Crippen LogP contribution in [0.4, 0.5) is 5.69 Å². The Labute approximate surface area is 184 Å². The molecule has 0 radical (unpaired) electrons. The normalized spacial score (nSPS) is 14.7. The molecular weight excluding hydrogens is 447 g/mol. The summed E-state index contributed by atoms with van der Waals surface area (Å²) in [5.74, 6) is -0.415. The van der Waals surface area contributed by atoms with Gasteiger partial charge < -0.3 is 5.32 Å². The molecule has 1 saturated heterocycles. The molecule has 10 heteroatoms. The number of amides is 1. The lowest BCUT2D eigenvalue weighted by molar-refractivity contribution is 0.102. The van der Waals surface area contributed by atoms with E-state index in [1.807, 2.05) is 0 Å². The Morgan fingerprint density at radius 3 is 2.43 bits per heavy atom. The fourth-order valence-corrected chi connectivity index (χ4v) is 5.37. The summed E-state index contributed by atoms with van der Waals surface area (Å²) in [5, 5.41) is 7.62. The van der Waals surface area contributed by atoms with Crippen molar-refractivity contribution in [3.63, 3.8) is 0 Å². The Balaban J connectivity index is 1.55. The molecule has 0 aliphatic carbocycles. The van der Waals surface area contributed by atoms with Gasteiger partial charge in [0.05, 0.1) is 22.5 Å². The summed E-state index contributed by atoms with van der Waals surface area (Å²) in [4.78, 5) is 12.6. The van der Waals surface area contributed by atoms with Gasteiger partial charge in [-0.05, 0) is 55.3 Å². The molecule has 156 valence electrons. The number of nitrogens with one attached hydrogen (secondary N) is 1. The molecule has 1 amide bonds. The second kappa shape index (κ2) is 8.39. The third kappa shape index (κ3) is 4.22. The number of anilines is 1. The van der Waals surface area contributed by atoms with Crippen LogP contribution in [0.15, 0.2) is 59.8 Å². The molecule has 0 saturated carbocycles. The third-order valence-corrected chi connectivity index (χ3v) is 7.44. The predicted molar refractivity (Wildman–Crippen MR) is 116 cm³/mol. The summed E-state index contributed by atoms with van der Waals surface area (Å²) in [6.07, 6.45) is 4.66. The predicted octanol–water partition coefficient (Wildman–Crippen LogP) is 4.22. The van der Waals surface area contributed by atoms with E-state index >= 15 is 0 Å². The van der Waals surface area contributed by atoms with Gasteiger partial charge in [-0.25, -0.2) is 13.1 Å². The van der Waals surface area contributed by atoms with E-state index in [0.29, 0.717) is 29.4 Å². The van der Waals surface area contributed by atoms with E-state index in [0.717, 1.165) is 18.5 Å². The maximum absolute atomic E-state index is 12.9. The van der Waals surface area contributed by atoms with Gasteiger partial charge in [0.2, 0.25) is 10.0 Å². The molecule has 1 aromatic heterocycles. The lowest BCUT2D eigenvalue weighted by atomic mass is 10.3. The highest BCUT2D eigenvalue weighted by molar-refractivity contribution is 7.89. The fraction of sp³-hybridized carbons (Fsp3) is 0.200. The first-order valence-corrected chi connectivity index (χ1v) is 11.5. The summed E-state index contributed by atoms with van der Waals surface area (Å²) in [5.41, 5.74) is 1.41. The van der Waals surface area contributed by atoms with Crippen LogP contribution in [0.1, 0.15) is 23.2 Å². The van der Waals surface area contributed by atoms with Gasteiger partial charge >= 0.3 is 0 Å². The number of hydrogen-bond donors (Lipinski definition) is 1. The summed E-state index contributed by atoms with van der Waals surface area (Å²) in [6, 6.07) is 11.4. The van der Waals surface area contributed by atoms with Crippen LogP contribution in [0.2, 0.25) is 10.0 Å². The molecule has 1 aliphatic heterocycles. The van der Waals surface area contributed by atoms with Crippen LogP contribution in [0.3, 0.4) is 0 Å². The van der Waals surface area contributed by atoms with E-state index in [-0.39, 0.29) is 9.92 Å². The van der Waals surface area contributed by atoms with Crippen molar-refractivity contribution < 1.29 is 13.2 Å². The zero-order valence-electron chi connectivity index (χ0n) is 15.8. The van der Waals surface area contributed by atoms with Crippen LogP contribution in [-0.4, -0.2) is 41.5 Å². The molecule has 1 aliphatic rings. The summed E-state index contributed by atoms with van der Waals surface area (Å²) in [7, 11) is -3.70. The summed E-state index contributed by atoms with van der Waals surface area (Å²) in [6.45, 7) is 0.943. The van der Waals surface area contributed by atoms with Crippen LogP contribution in [-0.2, 0) is 10.0 Å². The number of benzene rings is 2. The number of rotatable bonds is 5. The Kier molecular flexibility index (Phi) is 5.84. The van der Waals surface area contributed by atoms with Gasteiger partial charge in [0.15, 0.2) is 0 Å². The Hall–Kier alpha value is -2.39. The van der Waals surface area contributed by atoms with E-state index in [2.05, 4.69) is 10.4 Å². The maximum Gasteiger partial charge on any atom is 0.258 e. The second-order valence-electron chi connectivity index (χ2n) is 6.86. The Morgan fingerprint density at radius 2 is 1.73 bits per heavy atom. The van der Waals surface area contributed by atoms with Gasteiger partial charge in [0, 0.05) is 30.0 Å². The van der Waals surface area contributed by atoms with Crippen molar-refractivity contribution in [2.24, 2.45) is 0 Å². The van der Waals surface area contributed by atoms with Gasteiger partial charge in [-0.15, -0.1) is 0 Å². The third-order valence-electron chi connectivity index (χ3n) is 4.81. The highest BCUT2D eigenvalue weighted by Gasteiger charge is 2.29. The number of hydrogen-bond acceptors (Lipinski definition) is 4. The molecule has 1 fully saturated rings. The molecule has 7 nitrogen and oxygen atoms in total. The zero-order chi connectivity index (χ0) is 21.3. The Morgan fingerprint density at radius 1 is 1.03 bits per heavy atom. The van der Waals surface area contributed by atoms with Crippen molar-refractivity contribution in [1.29, 1.82) is 0 Å². The number of aromatic nitrogens is 2. The van der Waals surface area contributed by atoms with Crippen molar-refractivity contribution in [3.8, 4) is 5.69 Å². The number of carbonyl (C=O) groups excluding carboxylic acids is 1. The van der Waals surface area contributed by atoms with Gasteiger partial charge in [-0.1, -0.05) is 23.2 Å². The van der Waals surface area contributed by atoms with Crippen LogP contribution < -0.4 is 5.32 Å². The van der Waals surface area contributed by atoms with Crippen LogP contribution in [0, 0.1) is 0 Å². The van der Waals surface area contributed by atoms with E-state index in [1.165, 1.54) is 22.6 Å². The SMILES string of the molecule is O=C(Nc1ccc(Cl)c(S(=O)(=O)N2CCCC2)c1)c1cnn(-c2ccc(Cl)cc2)c1. The molecule has 2 heterocycles. The summed E-state index contributed by atoms with van der Waals surface area (Å²) >= 11 is 12.0. The smallest absolute Gasteiger partial charge is 0.258 e. The average Bonchev–Trinajstić information content (AvgIpc) is 3.42. The molecule has 0 spiro atoms. The topological polar surface area (TPSA) is 84.3 Å². The van der Waals surface area contributed by atoms with E-state index < -0.39 is 15.9 Å². The molecule has 1 N–H and O–H groups in total. The van der Waals surface area contributed by atoms with Crippen LogP contribution in [0.5, 0.6) is 0 Å². The number of nitrogens with zero attached hydrogens (tertiary/aromatic N) is 3. The first-order valence-electron chi connectivity index (χ1n) is 9.26. The van der Waals surface area contributed by atoms with Crippen molar-refractivity contribution in [2.75, 3.05) is 18.4 Å².